The van der Waals surface area contributed by atoms with E-state index in [1.807, 2.05) is 0 Å². The van der Waals surface area contributed by atoms with E-state index in [0.717, 1.165) is 12.1 Å². The number of fused-ring (bicyclic) bond motifs is 4. The van der Waals surface area contributed by atoms with Crippen LogP contribution in [0.5, 0.6) is 11.5 Å². The minimum absolute atomic E-state index is 0.00218. The number of carbonyl (C=O) groups excluding carboxylic acids is 6. The number of carbonyl (C=O) groups is 6. The van der Waals surface area contributed by atoms with Crippen LogP contribution in [-0.2, 0) is 45.1 Å². The molecular weight excluding hydrogens is 1050 g/mol. The number of Topliss-reactive ketones (excluding diaryl/α,β-unsaturated/α-hetero) is 2. The van der Waals surface area contributed by atoms with Gasteiger partial charge in [-0.15, -0.1) is 0 Å². The number of ketones is 2. The van der Waals surface area contributed by atoms with Crippen LogP contribution in [0.15, 0.2) is 58.4 Å². The highest BCUT2D eigenvalue weighted by Gasteiger charge is 2.51. The summed E-state index contributed by atoms with van der Waals surface area (Å²) in [6.07, 6.45) is 2.73. The highest BCUT2D eigenvalue weighted by atomic mass is 35.5. The number of hydrogen-bond acceptors (Lipinski definition) is 15. The Labute approximate surface area is 452 Å². The van der Waals surface area contributed by atoms with Crippen molar-refractivity contribution in [3.8, 4) is 11.5 Å². The number of amides is 2. The second-order valence-electron chi connectivity index (χ2n) is 18.8. The van der Waals surface area contributed by atoms with E-state index in [2.05, 4.69) is 41.0 Å². The molecule has 2 aromatic carbocycles. The molecule has 0 unspecified atom stereocenters. The molecule has 78 heavy (non-hydrogen) atoms. The summed E-state index contributed by atoms with van der Waals surface area (Å²) >= 11 is 4.72. The molecule has 2 aromatic heterocycles. The zero-order chi connectivity index (χ0) is 57.6. The van der Waals surface area contributed by atoms with Crippen molar-refractivity contribution in [1.29, 1.82) is 0 Å². The van der Waals surface area contributed by atoms with Gasteiger partial charge in [0, 0.05) is 73.6 Å². The lowest BCUT2D eigenvalue weighted by molar-refractivity contribution is -0.0742. The number of benzene rings is 2. The molecule has 0 bridgehead atoms. The normalized spacial score (nSPS) is 19.8. The second kappa shape index (κ2) is 27.6. The average molecular weight is 1120 g/mol. The summed E-state index contributed by atoms with van der Waals surface area (Å²) in [5, 5.41) is 15.2. The van der Waals surface area contributed by atoms with E-state index in [0.29, 0.717) is 57.6 Å². The predicted molar refractivity (Wildman–Crippen MR) is 275 cm³/mol. The first kappa shape index (κ1) is 61.9. The third kappa shape index (κ3) is 14.4. The van der Waals surface area contributed by atoms with Crippen LogP contribution in [0.1, 0.15) is 127 Å². The van der Waals surface area contributed by atoms with Gasteiger partial charge in [0.15, 0.2) is 17.3 Å². The molecule has 2 fully saturated rings. The van der Waals surface area contributed by atoms with E-state index in [1.165, 1.54) is 60.2 Å². The second-order valence-corrected chi connectivity index (χ2v) is 19.1. The van der Waals surface area contributed by atoms with Crippen molar-refractivity contribution in [1.82, 2.24) is 24.7 Å². The largest absolute Gasteiger partial charge is 0.514 e. The molecule has 6 heterocycles. The Hall–Kier alpha value is -6.95. The van der Waals surface area contributed by atoms with Crippen LogP contribution in [0.3, 0.4) is 0 Å². The molecule has 0 radical (unpaired) electrons. The van der Waals surface area contributed by atoms with E-state index in [1.54, 1.807) is 20.8 Å². The maximum atomic E-state index is 13.9. The van der Waals surface area contributed by atoms with Gasteiger partial charge in [0.25, 0.3) is 11.8 Å². The lowest BCUT2D eigenvalue weighted by Crippen LogP contribution is -2.52. The number of ether oxygens (including phenoxy) is 5. The smallest absolute Gasteiger partial charge is 0.503 e. The van der Waals surface area contributed by atoms with Crippen LogP contribution in [-0.4, -0.2) is 112 Å². The Morgan fingerprint density at radius 2 is 1.13 bits per heavy atom. The molecule has 4 aromatic rings. The number of rotatable bonds is 12. The monoisotopic (exact) mass is 1120 g/mol. The van der Waals surface area contributed by atoms with Gasteiger partial charge in [-0.25, -0.2) is 27.2 Å². The Morgan fingerprint density at radius 3 is 1.53 bits per heavy atom. The summed E-state index contributed by atoms with van der Waals surface area (Å²) in [5.41, 5.74) is -5.53. The van der Waals surface area contributed by atoms with Crippen LogP contribution in [0, 0.1) is 34.1 Å². The van der Waals surface area contributed by atoms with Gasteiger partial charge in [0.05, 0.1) is 49.3 Å². The average Bonchev–Trinajstić information content (AvgIpc) is 3.47. The zero-order valence-corrected chi connectivity index (χ0v) is 45.1. The third-order valence-corrected chi connectivity index (χ3v) is 14.0. The summed E-state index contributed by atoms with van der Waals surface area (Å²) in [4.78, 5) is 102. The van der Waals surface area contributed by atoms with Crippen molar-refractivity contribution >= 4 is 46.6 Å². The summed E-state index contributed by atoms with van der Waals surface area (Å²) < 4.78 is 82.2. The molecule has 4 aliphatic heterocycles. The zero-order valence-electron chi connectivity index (χ0n) is 44.4. The van der Waals surface area contributed by atoms with Gasteiger partial charge in [-0.05, 0) is 85.1 Å². The lowest BCUT2D eigenvalue weighted by atomic mass is 9.71. The number of aromatic nitrogens is 2. The van der Waals surface area contributed by atoms with Gasteiger partial charge in [0.2, 0.25) is 16.6 Å². The van der Waals surface area contributed by atoms with Gasteiger partial charge in [-0.2, -0.15) is 0 Å². The first-order valence-electron chi connectivity index (χ1n) is 25.4. The number of hydrogen-bond donors (Lipinski definition) is 3. The van der Waals surface area contributed by atoms with E-state index in [9.17, 15) is 61.0 Å². The van der Waals surface area contributed by atoms with Gasteiger partial charge in [-0.1, -0.05) is 32.9 Å². The molecule has 24 heteroatoms. The Morgan fingerprint density at radius 1 is 0.692 bits per heavy atom. The summed E-state index contributed by atoms with van der Waals surface area (Å²) in [6.45, 7) is 17.9. The first-order chi connectivity index (χ1) is 37.0. The van der Waals surface area contributed by atoms with Crippen molar-refractivity contribution < 1.29 is 75.1 Å². The SMILES string of the molecule is CCN(CC)CC.CCOC(=O)Cl.CCOC(=O)Oc1c2n(cc(C(=O)NCc3ccc(F)cc3F)c1=O)C[C@@H]1OCCC[C@]1(C)C2=O.C[C@]12CCCO[C@H]1Cn1cc(C(=O)NCc3ccc(F)cc3F)c(=O)c(O)c1C2=O. The van der Waals surface area contributed by atoms with Crippen molar-refractivity contribution in [2.24, 2.45) is 10.8 Å². The van der Waals surface area contributed by atoms with Gasteiger partial charge in [0.1, 0.15) is 45.8 Å². The number of nitrogens with one attached hydrogen (secondary N) is 2. The Bertz CT molecular complexity index is 3000. The number of aromatic hydroxyl groups is 1. The van der Waals surface area contributed by atoms with Crippen LogP contribution in [0.2, 0.25) is 0 Å². The molecule has 0 spiro atoms. The summed E-state index contributed by atoms with van der Waals surface area (Å²) in [7, 11) is 0. The number of halogens is 5. The molecule has 2 amide bonds. The van der Waals surface area contributed by atoms with Gasteiger partial charge >= 0.3 is 11.6 Å². The minimum Gasteiger partial charge on any atom is -0.503 e. The van der Waals surface area contributed by atoms with Crippen LogP contribution < -0.4 is 26.2 Å². The maximum Gasteiger partial charge on any atom is 0.514 e. The molecule has 4 atom stereocenters. The minimum atomic E-state index is -1.20. The molecule has 2 saturated heterocycles. The van der Waals surface area contributed by atoms with E-state index >= 15 is 0 Å². The quantitative estimate of drug-likeness (QED) is 0.0695. The van der Waals surface area contributed by atoms with Crippen molar-refractivity contribution in [3.05, 3.63) is 126 Å². The molecule has 8 rings (SSSR count). The fourth-order valence-electron chi connectivity index (χ4n) is 9.30. The van der Waals surface area contributed by atoms with Crippen LogP contribution in [0.4, 0.5) is 27.2 Å². The van der Waals surface area contributed by atoms with E-state index < -0.39 is 109 Å². The molecule has 4 aliphatic rings. The molecule has 0 saturated carbocycles. The fraction of sp³-hybridized carbons (Fsp3) is 0.481. The number of pyridine rings is 2. The highest BCUT2D eigenvalue weighted by molar-refractivity contribution is 6.61. The molecular formula is C54H64ClF4N5O14. The lowest BCUT2D eigenvalue weighted by Gasteiger charge is -2.44. The Balaban J connectivity index is 0.000000236. The summed E-state index contributed by atoms with van der Waals surface area (Å²) in [5.74, 6) is -7.19. The third-order valence-electron chi connectivity index (χ3n) is 13.9. The fourth-order valence-corrected chi connectivity index (χ4v) is 9.41. The van der Waals surface area contributed by atoms with Crippen LogP contribution in [0.25, 0.3) is 0 Å². The molecule has 0 aliphatic carbocycles. The topological polar surface area (TPSA) is 240 Å². The molecule has 19 nitrogen and oxygen atoms in total. The van der Waals surface area contributed by atoms with Gasteiger partial charge in [-0.3, -0.25) is 28.8 Å². The van der Waals surface area contributed by atoms with Crippen LogP contribution >= 0.6 is 11.6 Å². The van der Waals surface area contributed by atoms with Gasteiger partial charge < -0.3 is 53.5 Å². The number of nitrogens with zero attached hydrogens (tertiary/aromatic N) is 3. The first-order valence-corrected chi connectivity index (χ1v) is 25.8. The molecule has 424 valence electrons. The molecule has 3 N–H and O–H groups in total. The highest BCUT2D eigenvalue weighted by Crippen LogP contribution is 2.44. The maximum absolute atomic E-state index is 13.9. The summed E-state index contributed by atoms with van der Waals surface area (Å²) in [6, 6.07) is 5.80. The van der Waals surface area contributed by atoms with Crippen molar-refractivity contribution in [2.45, 2.75) is 113 Å². The van der Waals surface area contributed by atoms with E-state index in [-0.39, 0.29) is 60.9 Å². The van der Waals surface area contributed by atoms with Crippen molar-refractivity contribution in [3.63, 3.8) is 0 Å². The predicted octanol–water partition coefficient (Wildman–Crippen LogP) is 7.85. The Kier molecular flexibility index (Phi) is 21.9. The van der Waals surface area contributed by atoms with Crippen molar-refractivity contribution in [2.75, 3.05) is 46.1 Å². The van der Waals surface area contributed by atoms with E-state index in [4.69, 9.17) is 30.5 Å². The standard InChI is InChI=1S/C24H24F2N2O7.C21H20F2N2O5.C6H15N.C3H5ClO2/c1-3-33-23(32)35-20-18-21(30)24(2)7-4-8-34-17(24)12-28(18)11-15(19(20)29)22(31)27-10-13-5-6-14(25)9-16(13)26;1-21-5-2-6-30-15(21)10-25-9-13(17(26)18(27)16(25)19(21)28)20(29)24-8-11-3-4-12(22)7-14(11)23;1-4-7(5-2)6-3;1-2-6-3(4)5/h5-6,9,11,17H,3-4,7-8,10,12H2,1-2H3,(H,27,31);3-4,7,9,15,27H,2,5-6,8,10H2,1H3,(H,24,29);4-6H2,1-3H3;2H2,1H3/t17-,24-;15-,21-;;/m00../s1.